The topological polar surface area (TPSA) is 102 Å². The molecule has 1 aliphatic carbocycles. The highest BCUT2D eigenvalue weighted by Gasteiger charge is 2.27. The Kier molecular flexibility index (Phi) is 8.46. The smallest absolute Gasteiger partial charge is 0.254 e. The summed E-state index contributed by atoms with van der Waals surface area (Å²) in [5.41, 5.74) is 3.36. The molecule has 3 aromatic heterocycles. The number of hydrogen-bond donors (Lipinski definition) is 2. The lowest BCUT2D eigenvalue weighted by atomic mass is 9.95. The van der Waals surface area contributed by atoms with Gasteiger partial charge in [-0.25, -0.2) is 0 Å². The molecule has 42 heavy (non-hydrogen) atoms. The summed E-state index contributed by atoms with van der Waals surface area (Å²) in [4.78, 5) is 27.7. The maximum atomic E-state index is 13.4. The van der Waals surface area contributed by atoms with Crippen molar-refractivity contribution in [3.05, 3.63) is 93.8 Å². The molecule has 8 nitrogen and oxygen atoms in total. The molecule has 3 heterocycles. The molecule has 6 rings (SSSR count). The van der Waals surface area contributed by atoms with E-state index in [0.717, 1.165) is 42.2 Å². The van der Waals surface area contributed by atoms with Crippen LogP contribution in [0.2, 0.25) is 5.02 Å². The fraction of sp³-hybridized carbons (Fsp3) is 0.226. The normalized spacial score (nSPS) is 12.7. The highest BCUT2D eigenvalue weighted by atomic mass is 35.5. The van der Waals surface area contributed by atoms with Crippen molar-refractivity contribution in [1.29, 1.82) is 0 Å². The summed E-state index contributed by atoms with van der Waals surface area (Å²) in [7, 11) is 0. The van der Waals surface area contributed by atoms with Gasteiger partial charge in [0.15, 0.2) is 10.9 Å². The first-order valence-corrected chi connectivity index (χ1v) is 15.8. The average Bonchev–Trinajstić information content (AvgIpc) is 3.70. The van der Waals surface area contributed by atoms with Crippen molar-refractivity contribution in [2.24, 2.45) is 0 Å². The van der Waals surface area contributed by atoms with Gasteiger partial charge in [-0.15, -0.1) is 28.1 Å². The van der Waals surface area contributed by atoms with Crippen LogP contribution in [0.15, 0.2) is 76.8 Å². The van der Waals surface area contributed by atoms with Crippen LogP contribution in [0.4, 0.5) is 5.00 Å². The number of aryl methyl sites for hydroxylation is 1. The molecule has 2 amide bonds. The van der Waals surface area contributed by atoms with Crippen molar-refractivity contribution in [3.8, 4) is 11.6 Å². The third-order valence-electron chi connectivity index (χ3n) is 7.01. The minimum atomic E-state index is -0.219. The third-order valence-corrected chi connectivity index (χ3v) is 9.42. The number of aromatic nitrogens is 3. The quantitative estimate of drug-likeness (QED) is 0.128. The molecule has 11 heteroatoms. The summed E-state index contributed by atoms with van der Waals surface area (Å²) in [6.45, 7) is 4.72. The molecule has 5 aromatic rings. The first-order valence-electron chi connectivity index (χ1n) is 13.6. The minimum absolute atomic E-state index is 0.0959. The molecule has 1 aliphatic rings. The first kappa shape index (κ1) is 28.3. The monoisotopic (exact) mass is 617 g/mol. The molecule has 0 fully saturated rings. The van der Waals surface area contributed by atoms with Gasteiger partial charge in [0, 0.05) is 28.4 Å². The number of hydrogen-bond acceptors (Lipinski definition) is 7. The molecule has 2 aromatic carbocycles. The summed E-state index contributed by atoms with van der Waals surface area (Å²) in [5, 5.41) is 17.4. The lowest BCUT2D eigenvalue weighted by Crippen LogP contribution is -2.25. The summed E-state index contributed by atoms with van der Waals surface area (Å²) in [6, 6.07) is 17.1. The molecule has 0 aliphatic heterocycles. The highest BCUT2D eigenvalue weighted by Crippen LogP contribution is 2.38. The number of thiophene rings is 1. The van der Waals surface area contributed by atoms with E-state index in [1.54, 1.807) is 12.1 Å². The van der Waals surface area contributed by atoms with E-state index in [4.69, 9.17) is 16.0 Å². The van der Waals surface area contributed by atoms with Gasteiger partial charge in [-0.1, -0.05) is 59.8 Å². The molecule has 0 unspecified atom stereocenters. The lowest BCUT2D eigenvalue weighted by Gasteiger charge is -2.13. The lowest BCUT2D eigenvalue weighted by molar-refractivity contribution is -0.113. The van der Waals surface area contributed by atoms with Crippen LogP contribution in [0.3, 0.4) is 0 Å². The van der Waals surface area contributed by atoms with Gasteiger partial charge < -0.3 is 15.1 Å². The van der Waals surface area contributed by atoms with Crippen LogP contribution in [-0.4, -0.2) is 32.3 Å². The number of carbonyl (C=O) groups is 2. The van der Waals surface area contributed by atoms with E-state index >= 15 is 0 Å². The Hall–Kier alpha value is -3.86. The van der Waals surface area contributed by atoms with Crippen LogP contribution in [0, 0.1) is 0 Å². The number of amides is 2. The number of carbonyl (C=O) groups excluding carboxylic acids is 2. The van der Waals surface area contributed by atoms with E-state index in [0.29, 0.717) is 51.0 Å². The fourth-order valence-corrected chi connectivity index (χ4v) is 7.28. The van der Waals surface area contributed by atoms with Crippen molar-refractivity contribution >= 4 is 62.5 Å². The molecular formula is C31H28ClN5O3S2. The van der Waals surface area contributed by atoms with Gasteiger partial charge in [-0.05, 0) is 61.1 Å². The summed E-state index contributed by atoms with van der Waals surface area (Å²) in [5.74, 6) is 0.799. The van der Waals surface area contributed by atoms with Gasteiger partial charge in [0.1, 0.15) is 10.6 Å². The number of rotatable bonds is 10. The average molecular weight is 618 g/mol. The number of allylic oxidation sites excluding steroid dienone is 1. The number of nitrogens with one attached hydrogen (secondary N) is 2. The van der Waals surface area contributed by atoms with E-state index in [1.807, 2.05) is 53.1 Å². The van der Waals surface area contributed by atoms with E-state index in [9.17, 15) is 9.59 Å². The van der Waals surface area contributed by atoms with Gasteiger partial charge in [-0.3, -0.25) is 14.2 Å². The molecule has 0 spiro atoms. The van der Waals surface area contributed by atoms with Gasteiger partial charge in [-0.2, -0.15) is 0 Å². The van der Waals surface area contributed by atoms with Gasteiger partial charge in [0.05, 0.1) is 11.3 Å². The van der Waals surface area contributed by atoms with Crippen molar-refractivity contribution < 1.29 is 14.0 Å². The highest BCUT2D eigenvalue weighted by molar-refractivity contribution is 7.99. The predicted octanol–water partition coefficient (Wildman–Crippen LogP) is 7.13. The molecule has 0 saturated heterocycles. The Labute approximate surface area is 256 Å². The maximum Gasteiger partial charge on any atom is 0.254 e. The van der Waals surface area contributed by atoms with E-state index in [2.05, 4.69) is 27.4 Å². The second-order valence-corrected chi connectivity index (χ2v) is 12.4. The number of nitrogens with zero attached hydrogens (tertiary/aromatic N) is 3. The van der Waals surface area contributed by atoms with Crippen LogP contribution in [0.5, 0.6) is 0 Å². The fourth-order valence-electron chi connectivity index (χ4n) is 5.05. The van der Waals surface area contributed by atoms with Gasteiger partial charge in [0.25, 0.3) is 5.91 Å². The van der Waals surface area contributed by atoms with Crippen LogP contribution in [0.1, 0.15) is 39.2 Å². The van der Waals surface area contributed by atoms with Crippen molar-refractivity contribution in [1.82, 2.24) is 20.1 Å². The molecular weight excluding hydrogens is 590 g/mol. The standard InChI is InChI=1S/C31H28ClN5O3S2/c1-2-14-37-28(24-16-20-15-21(32)12-13-23(20)40-24)35-36-31(37)41-18-26(38)34-30-27(22-10-6-7-11-25(22)42-30)29(39)33-17-19-8-4-3-5-9-19/h2-5,8-9,12-13,15-16H,1,6-7,10-11,14,17-18H2,(H,33,39)(H,34,38). The zero-order valence-electron chi connectivity index (χ0n) is 22.7. The van der Waals surface area contributed by atoms with E-state index in [-0.39, 0.29) is 17.6 Å². The van der Waals surface area contributed by atoms with Crippen molar-refractivity contribution in [2.75, 3.05) is 11.1 Å². The van der Waals surface area contributed by atoms with E-state index < -0.39 is 0 Å². The maximum absolute atomic E-state index is 13.4. The Bertz CT molecular complexity index is 1780. The molecule has 2 N–H and O–H groups in total. The van der Waals surface area contributed by atoms with Crippen LogP contribution >= 0.6 is 34.7 Å². The van der Waals surface area contributed by atoms with Gasteiger partial charge in [0.2, 0.25) is 11.7 Å². The number of thioether (sulfide) groups is 1. The van der Waals surface area contributed by atoms with Crippen LogP contribution < -0.4 is 10.6 Å². The van der Waals surface area contributed by atoms with Crippen LogP contribution in [0.25, 0.3) is 22.6 Å². The number of halogens is 1. The summed E-state index contributed by atoms with van der Waals surface area (Å²) >= 11 is 8.91. The summed E-state index contributed by atoms with van der Waals surface area (Å²) < 4.78 is 7.85. The Balaban J connectivity index is 1.18. The van der Waals surface area contributed by atoms with Crippen LogP contribution in [-0.2, 0) is 30.7 Å². The zero-order valence-corrected chi connectivity index (χ0v) is 25.1. The summed E-state index contributed by atoms with van der Waals surface area (Å²) in [6.07, 6.45) is 5.62. The first-order chi connectivity index (χ1) is 20.5. The molecule has 0 atom stereocenters. The Morgan fingerprint density at radius 2 is 1.95 bits per heavy atom. The Morgan fingerprint density at radius 1 is 1.12 bits per heavy atom. The SMILES string of the molecule is C=CCn1c(SCC(=O)Nc2sc3c(c2C(=O)NCc2ccccc2)CCCC3)nnc1-c1cc2cc(Cl)ccc2o1. The van der Waals surface area contributed by atoms with Gasteiger partial charge >= 0.3 is 0 Å². The molecule has 0 radical (unpaired) electrons. The second-order valence-electron chi connectivity index (χ2n) is 9.92. The number of furan rings is 1. The Morgan fingerprint density at radius 3 is 2.79 bits per heavy atom. The molecule has 0 bridgehead atoms. The van der Waals surface area contributed by atoms with Crippen molar-refractivity contribution in [3.63, 3.8) is 0 Å². The number of benzene rings is 2. The zero-order chi connectivity index (χ0) is 29.1. The molecule has 0 saturated carbocycles. The third kappa shape index (κ3) is 6.01. The number of fused-ring (bicyclic) bond motifs is 2. The second kappa shape index (κ2) is 12.6. The molecule has 214 valence electrons. The van der Waals surface area contributed by atoms with Crippen molar-refractivity contribution in [2.45, 2.75) is 43.9 Å². The van der Waals surface area contributed by atoms with E-state index in [1.165, 1.54) is 28.0 Å². The largest absolute Gasteiger partial charge is 0.453 e. The minimum Gasteiger partial charge on any atom is -0.453 e. The number of anilines is 1. The predicted molar refractivity (Wildman–Crippen MR) is 168 cm³/mol.